The van der Waals surface area contributed by atoms with Crippen LogP contribution in [-0.4, -0.2) is 40.1 Å². The average molecular weight is 336 g/mol. The molecule has 1 N–H and O–H groups in total. The number of nitrogens with zero attached hydrogens (tertiary/aromatic N) is 3. The van der Waals surface area contributed by atoms with Gasteiger partial charge in [-0.15, -0.1) is 0 Å². The van der Waals surface area contributed by atoms with Crippen LogP contribution in [0.5, 0.6) is 5.75 Å². The van der Waals surface area contributed by atoms with E-state index < -0.39 is 0 Å². The van der Waals surface area contributed by atoms with Gasteiger partial charge >= 0.3 is 0 Å². The molecule has 0 saturated carbocycles. The zero-order valence-corrected chi connectivity index (χ0v) is 14.4. The molecule has 0 aliphatic heterocycles. The van der Waals surface area contributed by atoms with Crippen LogP contribution in [0.25, 0.3) is 10.9 Å². The number of aromatic nitrogens is 3. The van der Waals surface area contributed by atoms with Crippen molar-refractivity contribution in [2.75, 3.05) is 14.2 Å². The first-order chi connectivity index (χ1) is 12.2. The van der Waals surface area contributed by atoms with Crippen molar-refractivity contribution in [2.45, 2.75) is 25.8 Å². The number of benzene rings is 1. The van der Waals surface area contributed by atoms with Crippen molar-refractivity contribution in [3.05, 3.63) is 53.0 Å². The number of hydrogen-bond acceptors (Lipinski definition) is 4. The maximum absolute atomic E-state index is 12.8. The minimum atomic E-state index is -0.0488. The van der Waals surface area contributed by atoms with E-state index in [-0.39, 0.29) is 5.91 Å². The number of rotatable bonds is 4. The zero-order valence-electron chi connectivity index (χ0n) is 14.4. The molecule has 0 bridgehead atoms. The summed E-state index contributed by atoms with van der Waals surface area (Å²) < 4.78 is 5.39. The molecule has 1 aliphatic carbocycles. The smallest absolute Gasteiger partial charge is 0.274 e. The van der Waals surface area contributed by atoms with Crippen molar-refractivity contribution in [1.82, 2.24) is 20.1 Å². The summed E-state index contributed by atoms with van der Waals surface area (Å²) in [6.45, 7) is 0.493. The van der Waals surface area contributed by atoms with E-state index in [1.54, 1.807) is 18.2 Å². The number of pyridine rings is 1. The van der Waals surface area contributed by atoms with Crippen LogP contribution in [0.2, 0.25) is 0 Å². The fourth-order valence-corrected chi connectivity index (χ4v) is 3.51. The van der Waals surface area contributed by atoms with Gasteiger partial charge in [-0.05, 0) is 37.0 Å². The summed E-state index contributed by atoms with van der Waals surface area (Å²) in [6, 6.07) is 7.79. The van der Waals surface area contributed by atoms with Crippen LogP contribution in [0.15, 0.2) is 30.5 Å². The number of carbonyl (C=O) groups excluding carboxylic acids is 1. The van der Waals surface area contributed by atoms with Crippen molar-refractivity contribution in [3.63, 3.8) is 0 Å². The number of carbonyl (C=O) groups is 1. The number of amides is 1. The van der Waals surface area contributed by atoms with Gasteiger partial charge in [0.25, 0.3) is 5.91 Å². The van der Waals surface area contributed by atoms with Gasteiger partial charge < -0.3 is 9.64 Å². The standard InChI is InChI=1S/C19H20N4O2/c1-23(19(24)18-14-5-3-7-15(14)21-22-18)11-12-8-9-16(25-2)17-13(12)6-4-10-20-17/h4,6,8-10H,3,5,7,11H2,1-2H3,(H,21,22). The van der Waals surface area contributed by atoms with Gasteiger partial charge in [0.1, 0.15) is 11.3 Å². The molecule has 3 aromatic rings. The molecule has 6 heteroatoms. The molecule has 0 fully saturated rings. The predicted octanol–water partition coefficient (Wildman–Crippen LogP) is 2.73. The molecule has 1 amide bonds. The van der Waals surface area contributed by atoms with Crippen molar-refractivity contribution >= 4 is 16.8 Å². The summed E-state index contributed by atoms with van der Waals surface area (Å²) in [7, 11) is 3.45. The second-order valence-corrected chi connectivity index (χ2v) is 6.37. The highest BCUT2D eigenvalue weighted by Crippen LogP contribution is 2.28. The number of methoxy groups -OCH3 is 1. The Bertz CT molecular complexity index is 948. The number of ether oxygens (including phenoxy) is 1. The lowest BCUT2D eigenvalue weighted by atomic mass is 10.1. The Morgan fingerprint density at radius 1 is 1.32 bits per heavy atom. The Morgan fingerprint density at radius 2 is 2.20 bits per heavy atom. The van der Waals surface area contributed by atoms with Crippen molar-refractivity contribution in [2.24, 2.45) is 0 Å². The third kappa shape index (κ3) is 2.63. The summed E-state index contributed by atoms with van der Waals surface area (Å²) in [5.41, 5.74) is 4.59. The Hall–Kier alpha value is -2.89. The molecule has 0 unspecified atom stereocenters. The largest absolute Gasteiger partial charge is 0.494 e. The zero-order chi connectivity index (χ0) is 17.4. The molecule has 0 radical (unpaired) electrons. The highest BCUT2D eigenvalue weighted by atomic mass is 16.5. The van der Waals surface area contributed by atoms with Crippen molar-refractivity contribution < 1.29 is 9.53 Å². The summed E-state index contributed by atoms with van der Waals surface area (Å²) in [4.78, 5) is 19.0. The van der Waals surface area contributed by atoms with E-state index in [4.69, 9.17) is 4.74 Å². The average Bonchev–Trinajstić information content (AvgIpc) is 3.25. The maximum Gasteiger partial charge on any atom is 0.274 e. The van der Waals surface area contributed by atoms with Gasteiger partial charge in [-0.3, -0.25) is 14.9 Å². The number of aromatic amines is 1. The predicted molar refractivity (Wildman–Crippen MR) is 94.7 cm³/mol. The van der Waals surface area contributed by atoms with Gasteiger partial charge in [0, 0.05) is 36.4 Å². The van der Waals surface area contributed by atoms with E-state index >= 15 is 0 Å². The number of H-pyrrole nitrogens is 1. The molecule has 1 aromatic carbocycles. The van der Waals surface area contributed by atoms with Gasteiger partial charge in [0.15, 0.2) is 5.69 Å². The molecular formula is C19H20N4O2. The van der Waals surface area contributed by atoms with Gasteiger partial charge in [0.05, 0.1) is 7.11 Å². The fraction of sp³-hybridized carbons (Fsp3) is 0.316. The van der Waals surface area contributed by atoms with E-state index in [1.165, 1.54) is 0 Å². The Morgan fingerprint density at radius 3 is 3.04 bits per heavy atom. The minimum absolute atomic E-state index is 0.0488. The Balaban J connectivity index is 1.63. The van der Waals surface area contributed by atoms with Crippen LogP contribution in [0, 0.1) is 0 Å². The first-order valence-electron chi connectivity index (χ1n) is 8.41. The molecule has 4 rings (SSSR count). The third-order valence-electron chi connectivity index (χ3n) is 4.81. The van der Waals surface area contributed by atoms with Crippen LogP contribution >= 0.6 is 0 Å². The summed E-state index contributed by atoms with van der Waals surface area (Å²) in [5, 5.41) is 8.24. The van der Waals surface area contributed by atoms with Crippen LogP contribution in [0.4, 0.5) is 0 Å². The van der Waals surface area contributed by atoms with Gasteiger partial charge in [-0.2, -0.15) is 5.10 Å². The van der Waals surface area contributed by atoms with Crippen LogP contribution in [0.3, 0.4) is 0 Å². The Labute approximate surface area is 145 Å². The van der Waals surface area contributed by atoms with E-state index in [0.29, 0.717) is 12.2 Å². The van der Waals surface area contributed by atoms with E-state index in [1.807, 2.05) is 31.3 Å². The highest BCUT2D eigenvalue weighted by Gasteiger charge is 2.25. The van der Waals surface area contributed by atoms with E-state index in [0.717, 1.165) is 52.7 Å². The second-order valence-electron chi connectivity index (χ2n) is 6.37. The van der Waals surface area contributed by atoms with Gasteiger partial charge in [-0.1, -0.05) is 12.1 Å². The lowest BCUT2D eigenvalue weighted by Crippen LogP contribution is -2.27. The van der Waals surface area contributed by atoms with Gasteiger partial charge in [-0.25, -0.2) is 0 Å². The van der Waals surface area contributed by atoms with Crippen LogP contribution < -0.4 is 4.74 Å². The maximum atomic E-state index is 12.8. The van der Waals surface area contributed by atoms with Crippen LogP contribution in [0.1, 0.15) is 33.7 Å². The third-order valence-corrected chi connectivity index (χ3v) is 4.81. The monoisotopic (exact) mass is 336 g/mol. The number of hydrogen-bond donors (Lipinski definition) is 1. The molecule has 0 atom stereocenters. The second kappa shape index (κ2) is 6.20. The molecule has 25 heavy (non-hydrogen) atoms. The lowest BCUT2D eigenvalue weighted by Gasteiger charge is -2.18. The summed E-state index contributed by atoms with van der Waals surface area (Å²) in [6.07, 6.45) is 4.74. The van der Waals surface area contributed by atoms with Crippen molar-refractivity contribution in [3.8, 4) is 5.75 Å². The topological polar surface area (TPSA) is 71.1 Å². The number of aryl methyl sites for hydroxylation is 1. The first kappa shape index (κ1) is 15.6. The van der Waals surface area contributed by atoms with E-state index in [2.05, 4.69) is 15.2 Å². The number of nitrogens with one attached hydrogen (secondary N) is 1. The molecular weight excluding hydrogens is 316 g/mol. The molecule has 2 aromatic heterocycles. The highest BCUT2D eigenvalue weighted by molar-refractivity contribution is 5.94. The summed E-state index contributed by atoms with van der Waals surface area (Å²) >= 11 is 0. The molecule has 0 spiro atoms. The fourth-order valence-electron chi connectivity index (χ4n) is 3.51. The number of fused-ring (bicyclic) bond motifs is 2. The molecule has 0 saturated heterocycles. The molecule has 2 heterocycles. The normalized spacial score (nSPS) is 13.0. The first-order valence-corrected chi connectivity index (χ1v) is 8.41. The van der Waals surface area contributed by atoms with E-state index in [9.17, 15) is 4.79 Å². The Kier molecular flexibility index (Phi) is 3.87. The molecule has 1 aliphatic rings. The quantitative estimate of drug-likeness (QED) is 0.795. The summed E-state index contributed by atoms with van der Waals surface area (Å²) in [5.74, 6) is 0.686. The van der Waals surface area contributed by atoms with Gasteiger partial charge in [0.2, 0.25) is 0 Å². The van der Waals surface area contributed by atoms with Crippen molar-refractivity contribution in [1.29, 1.82) is 0 Å². The SMILES string of the molecule is COc1ccc(CN(C)C(=O)c2n[nH]c3c2CCC3)c2cccnc12. The van der Waals surface area contributed by atoms with Crippen LogP contribution in [-0.2, 0) is 19.4 Å². The lowest BCUT2D eigenvalue weighted by molar-refractivity contribution is 0.0778. The molecule has 6 nitrogen and oxygen atoms in total. The minimum Gasteiger partial charge on any atom is -0.494 e. The molecule has 128 valence electrons.